The Bertz CT molecular complexity index is 628. The molecule has 104 valence electrons. The lowest BCUT2D eigenvalue weighted by molar-refractivity contribution is 0.0697. The summed E-state index contributed by atoms with van der Waals surface area (Å²) in [5.74, 6) is -1.32. The van der Waals surface area contributed by atoms with Crippen LogP contribution in [-0.2, 0) is 0 Å². The molecule has 0 saturated carbocycles. The van der Waals surface area contributed by atoms with E-state index in [-0.39, 0.29) is 11.4 Å². The van der Waals surface area contributed by atoms with Gasteiger partial charge in [0.1, 0.15) is 5.82 Å². The summed E-state index contributed by atoms with van der Waals surface area (Å²) in [4.78, 5) is 13.2. The Morgan fingerprint density at radius 1 is 1.25 bits per heavy atom. The molecular weight excluding hydrogens is 325 g/mol. The highest BCUT2D eigenvalue weighted by molar-refractivity contribution is 9.10. The minimum absolute atomic E-state index is 0.200. The number of carboxylic acid groups (broad SMARTS) is 1. The summed E-state index contributed by atoms with van der Waals surface area (Å²) >= 11 is 3.27. The van der Waals surface area contributed by atoms with Crippen molar-refractivity contribution in [2.45, 2.75) is 6.92 Å². The van der Waals surface area contributed by atoms with Crippen LogP contribution in [0.1, 0.15) is 17.3 Å². The first-order chi connectivity index (χ1) is 9.52. The number of halogens is 2. The number of anilines is 2. The van der Waals surface area contributed by atoms with Crippen LogP contribution in [0.5, 0.6) is 0 Å². The lowest BCUT2D eigenvalue weighted by Gasteiger charge is -2.25. The van der Waals surface area contributed by atoms with Crippen molar-refractivity contribution in [1.29, 1.82) is 0 Å². The van der Waals surface area contributed by atoms with E-state index in [4.69, 9.17) is 0 Å². The molecule has 1 N–H and O–H groups in total. The molecule has 0 saturated heterocycles. The summed E-state index contributed by atoms with van der Waals surface area (Å²) in [7, 11) is 0. The third-order valence-corrected chi connectivity index (χ3v) is 3.43. The minimum Gasteiger partial charge on any atom is -0.478 e. The van der Waals surface area contributed by atoms with E-state index in [1.54, 1.807) is 30.3 Å². The molecule has 0 aliphatic carbocycles. The molecule has 0 spiro atoms. The van der Waals surface area contributed by atoms with Crippen LogP contribution in [0, 0.1) is 5.82 Å². The summed E-state index contributed by atoms with van der Waals surface area (Å²) < 4.78 is 13.7. The number of aromatic carboxylic acids is 1. The Morgan fingerprint density at radius 2 is 1.90 bits per heavy atom. The van der Waals surface area contributed by atoms with E-state index in [9.17, 15) is 14.3 Å². The molecular formula is C15H13BrFNO2. The number of nitrogens with zero attached hydrogens (tertiary/aromatic N) is 1. The molecule has 0 radical (unpaired) electrons. The third-order valence-electron chi connectivity index (χ3n) is 2.93. The van der Waals surface area contributed by atoms with E-state index in [0.29, 0.717) is 16.7 Å². The van der Waals surface area contributed by atoms with Gasteiger partial charge in [-0.2, -0.15) is 0 Å². The van der Waals surface area contributed by atoms with Crippen molar-refractivity contribution in [3.05, 3.63) is 58.3 Å². The van der Waals surface area contributed by atoms with Crippen LogP contribution >= 0.6 is 15.9 Å². The van der Waals surface area contributed by atoms with E-state index in [1.165, 1.54) is 12.1 Å². The number of carbonyl (C=O) groups is 1. The normalized spacial score (nSPS) is 10.3. The number of hydrogen-bond donors (Lipinski definition) is 1. The highest BCUT2D eigenvalue weighted by Gasteiger charge is 2.16. The molecule has 3 nitrogen and oxygen atoms in total. The van der Waals surface area contributed by atoms with Gasteiger partial charge in [-0.05, 0) is 49.4 Å². The molecule has 2 aromatic rings. The van der Waals surface area contributed by atoms with Gasteiger partial charge in [0.25, 0.3) is 0 Å². The molecule has 0 heterocycles. The first-order valence-corrected chi connectivity index (χ1v) is 6.88. The smallest absolute Gasteiger partial charge is 0.337 e. The van der Waals surface area contributed by atoms with Crippen molar-refractivity contribution in [3.8, 4) is 0 Å². The van der Waals surface area contributed by atoms with E-state index in [2.05, 4.69) is 15.9 Å². The fourth-order valence-electron chi connectivity index (χ4n) is 2.03. The van der Waals surface area contributed by atoms with Crippen LogP contribution in [0.3, 0.4) is 0 Å². The van der Waals surface area contributed by atoms with Crippen LogP contribution in [0.2, 0.25) is 0 Å². The second-order valence-electron chi connectivity index (χ2n) is 4.19. The first kappa shape index (κ1) is 14.5. The maximum absolute atomic E-state index is 13.0. The van der Waals surface area contributed by atoms with Gasteiger partial charge in [-0.1, -0.05) is 15.9 Å². The summed E-state index contributed by atoms with van der Waals surface area (Å²) in [6.45, 7) is 2.49. The molecule has 20 heavy (non-hydrogen) atoms. The van der Waals surface area contributed by atoms with Gasteiger partial charge >= 0.3 is 5.97 Å². The summed E-state index contributed by atoms with van der Waals surface area (Å²) in [5, 5.41) is 9.32. The number of carboxylic acids is 1. The zero-order valence-corrected chi connectivity index (χ0v) is 12.4. The zero-order valence-electron chi connectivity index (χ0n) is 10.8. The highest BCUT2D eigenvalue weighted by atomic mass is 79.9. The molecule has 0 aliphatic rings. The molecule has 0 amide bonds. The summed E-state index contributed by atoms with van der Waals surface area (Å²) in [5.41, 5.74) is 1.53. The van der Waals surface area contributed by atoms with Gasteiger partial charge in [0.2, 0.25) is 0 Å². The maximum Gasteiger partial charge on any atom is 0.337 e. The zero-order chi connectivity index (χ0) is 14.7. The van der Waals surface area contributed by atoms with Gasteiger partial charge < -0.3 is 10.0 Å². The van der Waals surface area contributed by atoms with E-state index in [1.807, 2.05) is 11.8 Å². The Balaban J connectivity index is 2.51. The second-order valence-corrected chi connectivity index (χ2v) is 5.10. The van der Waals surface area contributed by atoms with Crippen molar-refractivity contribution >= 4 is 33.3 Å². The van der Waals surface area contributed by atoms with Crippen molar-refractivity contribution in [2.75, 3.05) is 11.4 Å². The molecule has 0 atom stereocenters. The molecule has 0 aromatic heterocycles. The lowest BCUT2D eigenvalue weighted by Crippen LogP contribution is -2.19. The largest absolute Gasteiger partial charge is 0.478 e. The van der Waals surface area contributed by atoms with Crippen LogP contribution in [0.4, 0.5) is 15.8 Å². The minimum atomic E-state index is -0.998. The van der Waals surface area contributed by atoms with Gasteiger partial charge in [-0.15, -0.1) is 0 Å². The predicted octanol–water partition coefficient (Wildman–Crippen LogP) is 4.44. The average molecular weight is 338 g/mol. The van der Waals surface area contributed by atoms with Gasteiger partial charge in [0.05, 0.1) is 11.3 Å². The number of benzene rings is 2. The van der Waals surface area contributed by atoms with Crippen LogP contribution in [0.15, 0.2) is 46.9 Å². The molecule has 0 aliphatic heterocycles. The Hall–Kier alpha value is -1.88. The van der Waals surface area contributed by atoms with Gasteiger partial charge in [-0.3, -0.25) is 0 Å². The topological polar surface area (TPSA) is 40.5 Å². The maximum atomic E-state index is 13.0. The average Bonchev–Trinajstić information content (AvgIpc) is 2.43. The van der Waals surface area contributed by atoms with Crippen LogP contribution in [-0.4, -0.2) is 17.6 Å². The predicted molar refractivity (Wildman–Crippen MR) is 80.2 cm³/mol. The van der Waals surface area contributed by atoms with E-state index >= 15 is 0 Å². The Kier molecular flexibility index (Phi) is 4.39. The fraction of sp³-hybridized carbons (Fsp3) is 0.133. The Labute approximate surface area is 124 Å². The van der Waals surface area contributed by atoms with E-state index < -0.39 is 5.97 Å². The van der Waals surface area contributed by atoms with Crippen LogP contribution in [0.25, 0.3) is 0 Å². The highest BCUT2D eigenvalue weighted by Crippen LogP contribution is 2.30. The quantitative estimate of drug-likeness (QED) is 0.896. The fourth-order valence-corrected chi connectivity index (χ4v) is 2.39. The van der Waals surface area contributed by atoms with Gasteiger partial charge in [0, 0.05) is 16.7 Å². The van der Waals surface area contributed by atoms with Crippen molar-refractivity contribution < 1.29 is 14.3 Å². The van der Waals surface area contributed by atoms with Crippen molar-refractivity contribution in [3.63, 3.8) is 0 Å². The Morgan fingerprint density at radius 3 is 2.45 bits per heavy atom. The van der Waals surface area contributed by atoms with E-state index in [0.717, 1.165) is 5.69 Å². The number of rotatable bonds is 4. The monoisotopic (exact) mass is 337 g/mol. The second kappa shape index (κ2) is 6.05. The van der Waals surface area contributed by atoms with Gasteiger partial charge in [-0.25, -0.2) is 9.18 Å². The molecule has 0 fully saturated rings. The molecule has 0 unspecified atom stereocenters. The standard InChI is InChI=1S/C15H13BrFNO2/c1-2-18(12-6-4-11(17)5-7-12)14-8-3-10(16)9-13(14)15(19)20/h3-9H,2H2,1H3,(H,19,20). The lowest BCUT2D eigenvalue weighted by atomic mass is 10.1. The summed E-state index contributed by atoms with van der Waals surface area (Å²) in [6, 6.07) is 11.1. The molecule has 0 bridgehead atoms. The molecule has 2 aromatic carbocycles. The molecule has 2 rings (SSSR count). The first-order valence-electron chi connectivity index (χ1n) is 6.09. The SMILES string of the molecule is CCN(c1ccc(F)cc1)c1ccc(Br)cc1C(=O)O. The third kappa shape index (κ3) is 2.99. The van der Waals surface area contributed by atoms with Crippen molar-refractivity contribution in [2.24, 2.45) is 0 Å². The van der Waals surface area contributed by atoms with Crippen molar-refractivity contribution in [1.82, 2.24) is 0 Å². The number of hydrogen-bond acceptors (Lipinski definition) is 2. The van der Waals surface area contributed by atoms with Gasteiger partial charge in [0.15, 0.2) is 0 Å². The molecule has 5 heteroatoms. The summed E-state index contributed by atoms with van der Waals surface area (Å²) in [6.07, 6.45) is 0. The van der Waals surface area contributed by atoms with Crippen LogP contribution < -0.4 is 4.90 Å².